The smallest absolute Gasteiger partial charge is 0.0452 e. The molecule has 0 aliphatic rings. The molecule has 0 aliphatic carbocycles. The summed E-state index contributed by atoms with van der Waals surface area (Å²) in [5.41, 5.74) is 8.02. The van der Waals surface area contributed by atoms with Crippen molar-refractivity contribution in [1.29, 1.82) is 0 Å². The lowest BCUT2D eigenvalue weighted by Gasteiger charge is -2.06. The van der Waals surface area contributed by atoms with Crippen LogP contribution in [0.5, 0.6) is 0 Å². The molecule has 0 saturated heterocycles. The van der Waals surface area contributed by atoms with Crippen molar-refractivity contribution in [2.75, 3.05) is 24.6 Å². The Bertz CT molecular complexity index is 287. The molecule has 0 atom stereocenters. The van der Waals surface area contributed by atoms with Gasteiger partial charge in [-0.2, -0.15) is 0 Å². The molecule has 1 aromatic carbocycles. The highest BCUT2D eigenvalue weighted by Gasteiger charge is 1.99. The van der Waals surface area contributed by atoms with Gasteiger partial charge in [-0.05, 0) is 31.2 Å². The van der Waals surface area contributed by atoms with Gasteiger partial charge in [-0.3, -0.25) is 0 Å². The van der Waals surface area contributed by atoms with Crippen molar-refractivity contribution in [3.63, 3.8) is 0 Å². The van der Waals surface area contributed by atoms with E-state index in [9.17, 15) is 0 Å². The number of hydrogen-bond donors (Lipinski definition) is 2. The summed E-state index contributed by atoms with van der Waals surface area (Å²) in [4.78, 5) is 1.20. The van der Waals surface area contributed by atoms with Gasteiger partial charge in [-0.25, -0.2) is 0 Å². The van der Waals surface area contributed by atoms with Gasteiger partial charge < -0.3 is 11.1 Å². The summed E-state index contributed by atoms with van der Waals surface area (Å²) in [5, 5.41) is 3.29. The molecule has 1 aromatic rings. The minimum atomic E-state index is 0.886. The van der Waals surface area contributed by atoms with E-state index in [1.165, 1.54) is 10.5 Å². The highest BCUT2D eigenvalue weighted by molar-refractivity contribution is 7.99. The predicted molar refractivity (Wildman–Crippen MR) is 64.9 cm³/mol. The number of nitrogens with one attached hydrogen (secondary N) is 1. The van der Waals surface area contributed by atoms with E-state index >= 15 is 0 Å². The van der Waals surface area contributed by atoms with Crippen LogP contribution in [0.25, 0.3) is 0 Å². The number of nitrogens with two attached hydrogens (primary N) is 1. The second-order valence-electron chi connectivity index (χ2n) is 3.24. The fraction of sp³-hybridized carbons (Fsp3) is 0.455. The summed E-state index contributed by atoms with van der Waals surface area (Å²) in [5.74, 6) is 1.07. The first-order valence-electron chi connectivity index (χ1n) is 4.93. The third-order valence-electron chi connectivity index (χ3n) is 1.96. The molecule has 0 saturated carbocycles. The summed E-state index contributed by atoms with van der Waals surface area (Å²) in [6.07, 6.45) is 0. The van der Waals surface area contributed by atoms with Gasteiger partial charge in [0.15, 0.2) is 0 Å². The maximum Gasteiger partial charge on any atom is 0.0452 e. The molecule has 2 nitrogen and oxygen atoms in total. The molecule has 14 heavy (non-hydrogen) atoms. The molecule has 0 bridgehead atoms. The van der Waals surface area contributed by atoms with E-state index in [0.29, 0.717) is 0 Å². The van der Waals surface area contributed by atoms with Crippen molar-refractivity contribution in [2.45, 2.75) is 18.7 Å². The molecule has 0 heterocycles. The first kappa shape index (κ1) is 11.4. The molecule has 0 aromatic heterocycles. The quantitative estimate of drug-likeness (QED) is 0.445. The van der Waals surface area contributed by atoms with Crippen molar-refractivity contribution in [3.8, 4) is 0 Å². The van der Waals surface area contributed by atoms with Gasteiger partial charge in [-0.1, -0.05) is 13.0 Å². The van der Waals surface area contributed by atoms with Crippen LogP contribution in [0, 0.1) is 6.92 Å². The lowest BCUT2D eigenvalue weighted by molar-refractivity contribution is 0.768. The van der Waals surface area contributed by atoms with Crippen molar-refractivity contribution >= 4 is 17.4 Å². The van der Waals surface area contributed by atoms with Gasteiger partial charge in [-0.15, -0.1) is 11.8 Å². The van der Waals surface area contributed by atoms with Crippen LogP contribution in [0.3, 0.4) is 0 Å². The number of benzene rings is 1. The Morgan fingerprint density at radius 2 is 2.21 bits per heavy atom. The monoisotopic (exact) mass is 210 g/mol. The Balaban J connectivity index is 2.45. The zero-order chi connectivity index (χ0) is 10.4. The summed E-state index contributed by atoms with van der Waals surface area (Å²) in [6.45, 7) is 6.28. The van der Waals surface area contributed by atoms with E-state index in [4.69, 9.17) is 5.73 Å². The van der Waals surface area contributed by atoms with Crippen LogP contribution in [0.4, 0.5) is 5.69 Å². The van der Waals surface area contributed by atoms with Gasteiger partial charge >= 0.3 is 0 Å². The SMILES string of the molecule is CCNCCSc1cc(C)ccc1N. The Hall–Kier alpha value is -0.670. The zero-order valence-electron chi connectivity index (χ0n) is 8.84. The number of nitrogen functional groups attached to an aromatic ring is 1. The first-order chi connectivity index (χ1) is 6.74. The molecule has 0 amide bonds. The van der Waals surface area contributed by atoms with Gasteiger partial charge in [0.25, 0.3) is 0 Å². The third kappa shape index (κ3) is 3.60. The van der Waals surface area contributed by atoms with Crippen molar-refractivity contribution in [1.82, 2.24) is 5.32 Å². The van der Waals surface area contributed by atoms with E-state index in [0.717, 1.165) is 24.5 Å². The van der Waals surface area contributed by atoms with E-state index in [2.05, 4.69) is 25.2 Å². The number of anilines is 1. The Kier molecular flexibility index (Phi) is 4.84. The van der Waals surface area contributed by atoms with E-state index in [1.807, 2.05) is 23.9 Å². The van der Waals surface area contributed by atoms with Crippen LogP contribution in [0.1, 0.15) is 12.5 Å². The van der Waals surface area contributed by atoms with Crippen molar-refractivity contribution < 1.29 is 0 Å². The summed E-state index contributed by atoms with van der Waals surface area (Å²) < 4.78 is 0. The number of thioether (sulfide) groups is 1. The molecule has 0 unspecified atom stereocenters. The van der Waals surface area contributed by atoms with Gasteiger partial charge in [0.2, 0.25) is 0 Å². The van der Waals surface area contributed by atoms with Crippen LogP contribution in [0.2, 0.25) is 0 Å². The molecule has 1 rings (SSSR count). The maximum absolute atomic E-state index is 5.86. The molecule has 78 valence electrons. The molecule has 0 spiro atoms. The maximum atomic E-state index is 5.86. The molecular formula is C11H18N2S. The van der Waals surface area contributed by atoms with Crippen LogP contribution in [-0.2, 0) is 0 Å². The predicted octanol–water partition coefficient (Wildman–Crippen LogP) is 2.28. The average molecular weight is 210 g/mol. The van der Waals surface area contributed by atoms with E-state index in [1.54, 1.807) is 0 Å². The zero-order valence-corrected chi connectivity index (χ0v) is 9.66. The fourth-order valence-corrected chi connectivity index (χ4v) is 2.15. The topological polar surface area (TPSA) is 38.0 Å². The van der Waals surface area contributed by atoms with Gasteiger partial charge in [0, 0.05) is 22.9 Å². The molecule has 0 aliphatic heterocycles. The Morgan fingerprint density at radius 3 is 2.93 bits per heavy atom. The lowest BCUT2D eigenvalue weighted by Crippen LogP contribution is -2.15. The third-order valence-corrected chi connectivity index (χ3v) is 3.03. The standard InChI is InChI=1S/C11H18N2S/c1-3-13-6-7-14-11-8-9(2)4-5-10(11)12/h4-5,8,13H,3,6-7,12H2,1-2H3. The van der Waals surface area contributed by atoms with Crippen LogP contribution >= 0.6 is 11.8 Å². The van der Waals surface area contributed by atoms with Crippen molar-refractivity contribution in [2.24, 2.45) is 0 Å². The lowest BCUT2D eigenvalue weighted by atomic mass is 10.2. The molecule has 0 fully saturated rings. The average Bonchev–Trinajstić information content (AvgIpc) is 2.18. The number of rotatable bonds is 5. The molecular weight excluding hydrogens is 192 g/mol. The minimum absolute atomic E-state index is 0.886. The largest absolute Gasteiger partial charge is 0.398 e. The van der Waals surface area contributed by atoms with Gasteiger partial charge in [0.1, 0.15) is 0 Å². The van der Waals surface area contributed by atoms with Gasteiger partial charge in [0.05, 0.1) is 0 Å². The minimum Gasteiger partial charge on any atom is -0.398 e. The van der Waals surface area contributed by atoms with Crippen LogP contribution in [0.15, 0.2) is 23.1 Å². The fourth-order valence-electron chi connectivity index (χ4n) is 1.18. The van der Waals surface area contributed by atoms with Crippen LogP contribution < -0.4 is 11.1 Å². The molecule has 3 heteroatoms. The Labute approximate surface area is 90.3 Å². The normalized spacial score (nSPS) is 10.4. The second kappa shape index (κ2) is 5.94. The summed E-state index contributed by atoms with van der Waals surface area (Å²) in [6, 6.07) is 6.17. The number of aryl methyl sites for hydroxylation is 1. The van der Waals surface area contributed by atoms with E-state index < -0.39 is 0 Å². The highest BCUT2D eigenvalue weighted by atomic mass is 32.2. The first-order valence-corrected chi connectivity index (χ1v) is 5.92. The highest BCUT2D eigenvalue weighted by Crippen LogP contribution is 2.25. The van der Waals surface area contributed by atoms with E-state index in [-0.39, 0.29) is 0 Å². The number of hydrogen-bond acceptors (Lipinski definition) is 3. The van der Waals surface area contributed by atoms with Crippen LogP contribution in [-0.4, -0.2) is 18.8 Å². The summed E-state index contributed by atoms with van der Waals surface area (Å²) in [7, 11) is 0. The van der Waals surface area contributed by atoms with Crippen molar-refractivity contribution in [3.05, 3.63) is 23.8 Å². The Morgan fingerprint density at radius 1 is 1.43 bits per heavy atom. The summed E-state index contributed by atoms with van der Waals surface area (Å²) >= 11 is 1.81. The second-order valence-corrected chi connectivity index (χ2v) is 4.38. The molecule has 3 N–H and O–H groups in total. The molecule has 0 radical (unpaired) electrons.